The molecule has 1 N–H and O–H groups in total. The van der Waals surface area contributed by atoms with Crippen LogP contribution in [-0.2, 0) is 26.4 Å². The van der Waals surface area contributed by atoms with Gasteiger partial charge in [-0.1, -0.05) is 49.5 Å². The highest BCUT2D eigenvalue weighted by molar-refractivity contribution is 6.91. The summed E-state index contributed by atoms with van der Waals surface area (Å²) >= 11 is 0. The summed E-state index contributed by atoms with van der Waals surface area (Å²) in [6, 6.07) is 19.9. The van der Waals surface area contributed by atoms with Crippen LogP contribution >= 0.6 is 0 Å². The molecule has 45 heavy (non-hydrogen) atoms. The van der Waals surface area contributed by atoms with Gasteiger partial charge in [0.25, 0.3) is 11.6 Å². The lowest BCUT2D eigenvalue weighted by Crippen LogP contribution is -2.51. The van der Waals surface area contributed by atoms with E-state index < -0.39 is 30.8 Å². The zero-order valence-electron chi connectivity index (χ0n) is 25.8. The number of cyclic esters (lactones) is 1. The van der Waals surface area contributed by atoms with E-state index in [0.717, 1.165) is 16.5 Å². The summed E-state index contributed by atoms with van der Waals surface area (Å²) in [5.74, 6) is 0.126. The fourth-order valence-electron chi connectivity index (χ4n) is 7.56. The molecule has 0 bridgehead atoms. The molecule has 0 saturated carbocycles. The van der Waals surface area contributed by atoms with Gasteiger partial charge in [0.2, 0.25) is 0 Å². The number of aliphatic hydroxyl groups is 1. The summed E-state index contributed by atoms with van der Waals surface area (Å²) in [6.07, 6.45) is -0.499. The molecule has 3 aliphatic heterocycles. The molecule has 11 nitrogen and oxygen atoms in total. The summed E-state index contributed by atoms with van der Waals surface area (Å²) in [4.78, 5) is 41.4. The van der Waals surface area contributed by atoms with Gasteiger partial charge in [0.1, 0.15) is 12.4 Å². The van der Waals surface area contributed by atoms with Gasteiger partial charge in [-0.3, -0.25) is 19.8 Å². The number of rotatable bonds is 9. The van der Waals surface area contributed by atoms with Crippen LogP contribution in [0.15, 0.2) is 66.7 Å². The Hall–Kier alpha value is -4.26. The molecular weight excluding hydrogens is 594 g/mol. The Labute approximate surface area is 262 Å². The van der Waals surface area contributed by atoms with Crippen LogP contribution in [0.3, 0.4) is 0 Å². The summed E-state index contributed by atoms with van der Waals surface area (Å²) in [7, 11) is -0.763. The minimum atomic E-state index is -2.39. The Bertz CT molecular complexity index is 1630. The number of methoxy groups -OCH3 is 1. The van der Waals surface area contributed by atoms with Gasteiger partial charge in [0, 0.05) is 35.9 Å². The lowest BCUT2D eigenvalue weighted by atomic mass is 9.82. The molecule has 0 unspecified atom stereocenters. The number of ether oxygens (including phenoxy) is 3. The van der Waals surface area contributed by atoms with Crippen molar-refractivity contribution in [3.8, 4) is 5.75 Å². The number of nitro benzene ring substituents is 1. The average molecular weight is 632 g/mol. The van der Waals surface area contributed by atoms with Gasteiger partial charge in [0.15, 0.2) is 5.60 Å². The van der Waals surface area contributed by atoms with E-state index in [9.17, 15) is 24.8 Å². The van der Waals surface area contributed by atoms with Crippen LogP contribution in [-0.4, -0.2) is 63.1 Å². The number of non-ortho nitro benzene ring substituents is 1. The molecule has 2 amide bonds. The van der Waals surface area contributed by atoms with Gasteiger partial charge in [-0.15, -0.1) is 0 Å². The second-order valence-corrected chi connectivity index (χ2v) is 17.1. The number of hydrogen-bond acceptors (Lipinski definition) is 8. The van der Waals surface area contributed by atoms with Gasteiger partial charge in [-0.25, -0.2) is 4.79 Å². The molecule has 4 atom stereocenters. The maximum absolute atomic E-state index is 14.7. The lowest BCUT2D eigenvalue weighted by Gasteiger charge is -2.37. The number of anilines is 2. The van der Waals surface area contributed by atoms with Crippen LogP contribution in [0.1, 0.15) is 24.5 Å². The molecule has 3 aliphatic rings. The second kappa shape index (κ2) is 11.6. The zero-order chi connectivity index (χ0) is 32.1. The summed E-state index contributed by atoms with van der Waals surface area (Å²) in [5, 5.41) is 23.2. The number of carbonyl (C=O) groups excluding carboxylic acids is 2. The molecule has 12 heteroatoms. The number of amides is 2. The highest BCUT2D eigenvalue weighted by Crippen LogP contribution is 2.60. The van der Waals surface area contributed by atoms with E-state index in [4.69, 9.17) is 14.2 Å². The molecule has 0 aliphatic carbocycles. The number of nitro groups is 1. The van der Waals surface area contributed by atoms with Crippen molar-refractivity contribution in [2.75, 3.05) is 36.7 Å². The smallest absolute Gasteiger partial charge is 0.414 e. The molecular formula is C33H37N3O8Si. The number of carbonyl (C=O) groups is 2. The van der Waals surface area contributed by atoms with Crippen LogP contribution in [0.5, 0.6) is 5.75 Å². The van der Waals surface area contributed by atoms with Crippen LogP contribution in [0.25, 0.3) is 0 Å². The lowest BCUT2D eigenvalue weighted by molar-refractivity contribution is -0.385. The minimum absolute atomic E-state index is 0.0893. The van der Waals surface area contributed by atoms with Gasteiger partial charge >= 0.3 is 6.09 Å². The molecule has 0 radical (unpaired) electrons. The fourth-order valence-corrected chi connectivity index (χ4v) is 11.6. The Kier molecular flexibility index (Phi) is 7.92. The first kappa shape index (κ1) is 30.7. The summed E-state index contributed by atoms with van der Waals surface area (Å²) in [6.45, 7) is 7.39. The van der Waals surface area contributed by atoms with Crippen molar-refractivity contribution in [1.29, 1.82) is 0 Å². The van der Waals surface area contributed by atoms with Crippen LogP contribution < -0.4 is 19.7 Å². The van der Waals surface area contributed by atoms with E-state index in [1.54, 1.807) is 23.0 Å². The molecule has 2 fully saturated rings. The summed E-state index contributed by atoms with van der Waals surface area (Å²) < 4.78 is 17.3. The number of hydrogen-bond donors (Lipinski definition) is 1. The van der Waals surface area contributed by atoms with Crippen molar-refractivity contribution in [2.45, 2.75) is 50.2 Å². The van der Waals surface area contributed by atoms with E-state index in [0.29, 0.717) is 36.5 Å². The number of aliphatic hydroxyl groups excluding tert-OH is 1. The van der Waals surface area contributed by atoms with Gasteiger partial charge in [-0.05, 0) is 47.9 Å². The quantitative estimate of drug-likeness (QED) is 0.204. The fraction of sp³-hybridized carbons (Fsp3) is 0.394. The molecule has 2 saturated heterocycles. The highest BCUT2D eigenvalue weighted by Gasteiger charge is 2.66. The first-order valence-electron chi connectivity index (χ1n) is 15.1. The highest BCUT2D eigenvalue weighted by atomic mass is 28.3. The SMILES string of the molecule is COc1ccc([Si](C)(C)[C@@H]2[C@@H](CCO)O[C@]3(C(=O)N(Cc4ccc(N5CCOC5=O)cc4)c4ccc([N+](=O)[O-])cc43)[C@H]2C)cc1. The monoisotopic (exact) mass is 631 g/mol. The van der Waals surface area contributed by atoms with Crippen molar-refractivity contribution < 1.29 is 33.8 Å². The summed E-state index contributed by atoms with van der Waals surface area (Å²) in [5.41, 5.74) is 0.912. The topological polar surface area (TPSA) is 132 Å². The molecule has 6 rings (SSSR count). The largest absolute Gasteiger partial charge is 0.497 e. The van der Waals surface area contributed by atoms with Crippen molar-refractivity contribution >= 4 is 42.3 Å². The van der Waals surface area contributed by atoms with E-state index in [-0.39, 0.29) is 36.2 Å². The molecule has 3 heterocycles. The maximum Gasteiger partial charge on any atom is 0.414 e. The first-order chi connectivity index (χ1) is 21.5. The predicted octanol–water partition coefficient (Wildman–Crippen LogP) is 4.71. The molecule has 0 aromatic heterocycles. The van der Waals surface area contributed by atoms with E-state index >= 15 is 0 Å². The van der Waals surface area contributed by atoms with Crippen LogP contribution in [0.4, 0.5) is 21.9 Å². The van der Waals surface area contributed by atoms with Crippen molar-refractivity contribution in [3.05, 3.63) is 88.0 Å². The van der Waals surface area contributed by atoms with E-state index in [1.807, 2.05) is 43.3 Å². The van der Waals surface area contributed by atoms with Gasteiger partial charge < -0.3 is 24.2 Å². The molecule has 3 aromatic rings. The molecule has 1 spiro atoms. The van der Waals surface area contributed by atoms with Gasteiger partial charge in [-0.2, -0.15) is 0 Å². The van der Waals surface area contributed by atoms with E-state index in [1.165, 1.54) is 12.1 Å². The van der Waals surface area contributed by atoms with Crippen molar-refractivity contribution in [2.24, 2.45) is 5.92 Å². The Morgan fingerprint density at radius 2 is 1.80 bits per heavy atom. The number of benzene rings is 3. The third kappa shape index (κ3) is 4.97. The third-order valence-corrected chi connectivity index (χ3v) is 14.2. The van der Waals surface area contributed by atoms with Crippen molar-refractivity contribution in [1.82, 2.24) is 0 Å². The molecule has 3 aromatic carbocycles. The first-order valence-corrected chi connectivity index (χ1v) is 18.2. The van der Waals surface area contributed by atoms with E-state index in [2.05, 4.69) is 25.2 Å². The maximum atomic E-state index is 14.7. The predicted molar refractivity (Wildman–Crippen MR) is 171 cm³/mol. The molecule has 236 valence electrons. The minimum Gasteiger partial charge on any atom is -0.497 e. The number of nitrogens with zero attached hydrogens (tertiary/aromatic N) is 3. The average Bonchev–Trinajstić information content (AvgIpc) is 3.66. The van der Waals surface area contributed by atoms with Crippen LogP contribution in [0, 0.1) is 16.0 Å². The third-order valence-electron chi connectivity index (χ3n) is 9.79. The van der Waals surface area contributed by atoms with Gasteiger partial charge in [0.05, 0.1) is 45.0 Å². The Morgan fingerprint density at radius 1 is 1.09 bits per heavy atom. The Balaban J connectivity index is 1.40. The second-order valence-electron chi connectivity index (χ2n) is 12.5. The normalized spacial score (nSPS) is 24.3. The Morgan fingerprint density at radius 3 is 2.40 bits per heavy atom. The van der Waals surface area contributed by atoms with Crippen LogP contribution in [0.2, 0.25) is 18.6 Å². The van der Waals surface area contributed by atoms with Crippen molar-refractivity contribution in [3.63, 3.8) is 0 Å². The number of fused-ring (bicyclic) bond motifs is 2. The zero-order valence-corrected chi connectivity index (χ0v) is 26.8. The standard InChI is InChI=1S/C33H37N3O8Si/c1-21-30(45(3,4)26-12-10-25(42-2)11-13-26)29(15-17-37)44-33(21)27-19-24(36(40)41)9-14-28(27)35(31(33)38)20-22-5-7-23(8-6-22)34-16-18-43-32(34)39/h5-14,19,21,29-30,37H,15-18,20H2,1-4H3/t21-,29+,30-,33+/m0/s1.